The molecule has 3 rings (SSSR count). The smallest absolute Gasteiger partial charge is 0.187 e. The average molecular weight is 246 g/mol. The minimum absolute atomic E-state index is 0.00947. The molecule has 6 nitrogen and oxygen atoms in total. The Morgan fingerprint density at radius 2 is 1.94 bits per heavy atom. The van der Waals surface area contributed by atoms with Crippen LogP contribution in [0.4, 0.5) is 0 Å². The van der Waals surface area contributed by atoms with E-state index in [4.69, 9.17) is 28.4 Å². The van der Waals surface area contributed by atoms with Crippen LogP contribution in [0, 0.1) is 0 Å². The van der Waals surface area contributed by atoms with E-state index < -0.39 is 0 Å². The molecular weight excluding hydrogens is 228 g/mol. The normalized spacial score (nSPS) is 42.5. The van der Waals surface area contributed by atoms with Crippen molar-refractivity contribution in [1.29, 1.82) is 0 Å². The Hall–Kier alpha value is -0.240. The monoisotopic (exact) mass is 246 g/mol. The maximum atomic E-state index is 5.75. The van der Waals surface area contributed by atoms with Crippen LogP contribution in [0.2, 0.25) is 0 Å². The number of hydrogen-bond acceptors (Lipinski definition) is 6. The fourth-order valence-electron chi connectivity index (χ4n) is 2.31. The van der Waals surface area contributed by atoms with Gasteiger partial charge in [-0.2, -0.15) is 0 Å². The summed E-state index contributed by atoms with van der Waals surface area (Å²) < 4.78 is 32.5. The first kappa shape index (κ1) is 11.8. The van der Waals surface area contributed by atoms with Crippen molar-refractivity contribution in [2.75, 3.05) is 40.1 Å². The van der Waals surface area contributed by atoms with Crippen LogP contribution in [0.15, 0.2) is 0 Å². The minimum atomic E-state index is -0.164. The highest BCUT2D eigenvalue weighted by molar-refractivity contribution is 5.04. The van der Waals surface area contributed by atoms with Gasteiger partial charge in [-0.1, -0.05) is 0 Å². The molecule has 17 heavy (non-hydrogen) atoms. The second-order valence-electron chi connectivity index (χ2n) is 4.38. The Morgan fingerprint density at radius 3 is 2.82 bits per heavy atom. The number of hydrogen-bond donors (Lipinski definition) is 0. The number of ether oxygens (including phenoxy) is 6. The van der Waals surface area contributed by atoms with Gasteiger partial charge in [-0.05, 0) is 0 Å². The van der Waals surface area contributed by atoms with E-state index in [9.17, 15) is 0 Å². The third kappa shape index (κ3) is 2.47. The Morgan fingerprint density at radius 1 is 1.06 bits per heavy atom. The van der Waals surface area contributed by atoms with Gasteiger partial charge in [0.15, 0.2) is 6.29 Å². The largest absolute Gasteiger partial charge is 0.382 e. The molecule has 3 aliphatic heterocycles. The van der Waals surface area contributed by atoms with Crippen LogP contribution in [0.5, 0.6) is 0 Å². The lowest BCUT2D eigenvalue weighted by molar-refractivity contribution is -0.123. The predicted octanol–water partition coefficient (Wildman–Crippen LogP) is -0.443. The summed E-state index contributed by atoms with van der Waals surface area (Å²) in [5.41, 5.74) is 0. The van der Waals surface area contributed by atoms with E-state index in [2.05, 4.69) is 0 Å². The molecule has 0 aromatic heterocycles. The van der Waals surface area contributed by atoms with Gasteiger partial charge in [0.05, 0.1) is 33.0 Å². The first-order chi connectivity index (χ1) is 8.40. The molecule has 0 N–H and O–H groups in total. The summed E-state index contributed by atoms with van der Waals surface area (Å²) in [4.78, 5) is 0. The van der Waals surface area contributed by atoms with Gasteiger partial charge in [0, 0.05) is 7.11 Å². The summed E-state index contributed by atoms with van der Waals surface area (Å²) in [5, 5.41) is 0. The molecule has 3 fully saturated rings. The van der Waals surface area contributed by atoms with Crippen molar-refractivity contribution < 1.29 is 28.4 Å². The van der Waals surface area contributed by atoms with Gasteiger partial charge in [0.2, 0.25) is 0 Å². The van der Waals surface area contributed by atoms with Crippen molar-refractivity contribution in [2.45, 2.75) is 30.7 Å². The molecule has 0 aromatic rings. The van der Waals surface area contributed by atoms with Gasteiger partial charge in [-0.25, -0.2) is 0 Å². The molecule has 3 aliphatic rings. The summed E-state index contributed by atoms with van der Waals surface area (Å²) in [5.74, 6) is 0. The highest BCUT2D eigenvalue weighted by Gasteiger charge is 2.62. The maximum absolute atomic E-state index is 5.75. The first-order valence-electron chi connectivity index (χ1n) is 6.01. The number of fused-ring (bicyclic) bond motifs is 4. The van der Waals surface area contributed by atoms with E-state index >= 15 is 0 Å². The molecule has 5 atom stereocenters. The molecule has 0 radical (unpaired) electrons. The lowest BCUT2D eigenvalue weighted by Crippen LogP contribution is -2.42. The molecule has 98 valence electrons. The number of rotatable bonds is 7. The molecule has 0 aliphatic carbocycles. The van der Waals surface area contributed by atoms with Gasteiger partial charge in [0.1, 0.15) is 24.4 Å². The van der Waals surface area contributed by atoms with Crippen molar-refractivity contribution in [3.8, 4) is 0 Å². The standard InChI is InChI=1S/C11H18O6/c1-12-2-3-13-4-5-14-8-7-6-15-11(16-7)10-9(8)17-10/h7-11H,2-6H2,1H3/t7-,8-,9+,10-,11-/m1/s1. The minimum Gasteiger partial charge on any atom is -0.382 e. The summed E-state index contributed by atoms with van der Waals surface area (Å²) >= 11 is 0. The van der Waals surface area contributed by atoms with Crippen LogP contribution in [0.3, 0.4) is 0 Å². The van der Waals surface area contributed by atoms with Crippen molar-refractivity contribution >= 4 is 0 Å². The summed E-state index contributed by atoms with van der Waals surface area (Å²) in [6, 6.07) is 0. The Labute approximate surface area is 100 Å². The predicted molar refractivity (Wildman–Crippen MR) is 55.7 cm³/mol. The van der Waals surface area contributed by atoms with Crippen LogP contribution in [-0.4, -0.2) is 70.9 Å². The average Bonchev–Trinajstić information content (AvgIpc) is 3.02. The molecule has 3 heterocycles. The lowest BCUT2D eigenvalue weighted by Gasteiger charge is -2.24. The van der Waals surface area contributed by atoms with Gasteiger partial charge in [-0.15, -0.1) is 0 Å². The van der Waals surface area contributed by atoms with E-state index in [1.807, 2.05) is 0 Å². The molecule has 0 amide bonds. The highest BCUT2D eigenvalue weighted by Crippen LogP contribution is 2.42. The summed E-state index contributed by atoms with van der Waals surface area (Å²) in [6.07, 6.45) is 0.0729. The zero-order chi connectivity index (χ0) is 11.7. The van der Waals surface area contributed by atoms with Crippen LogP contribution in [0.25, 0.3) is 0 Å². The van der Waals surface area contributed by atoms with Crippen LogP contribution in [-0.2, 0) is 28.4 Å². The summed E-state index contributed by atoms with van der Waals surface area (Å²) in [7, 11) is 1.65. The third-order valence-electron chi connectivity index (χ3n) is 3.22. The highest BCUT2D eigenvalue weighted by atomic mass is 16.8. The van der Waals surface area contributed by atoms with Crippen LogP contribution >= 0.6 is 0 Å². The topological polar surface area (TPSA) is 58.7 Å². The first-order valence-corrected chi connectivity index (χ1v) is 6.01. The SMILES string of the molecule is COCCOCCO[C@H]1[C@@H]2O[C@H]2[C@@H]2OC[C@H]1O2. The van der Waals surface area contributed by atoms with Crippen molar-refractivity contribution in [3.05, 3.63) is 0 Å². The molecule has 6 heteroatoms. The van der Waals surface area contributed by atoms with Crippen molar-refractivity contribution in [1.82, 2.24) is 0 Å². The lowest BCUT2D eigenvalue weighted by atomic mass is 10.1. The van der Waals surface area contributed by atoms with Crippen LogP contribution < -0.4 is 0 Å². The second kappa shape index (κ2) is 5.17. The van der Waals surface area contributed by atoms with Gasteiger partial charge in [0.25, 0.3) is 0 Å². The second-order valence-corrected chi connectivity index (χ2v) is 4.38. The molecule has 0 aromatic carbocycles. The quantitative estimate of drug-likeness (QED) is 0.448. The molecule has 0 saturated carbocycles. The fourth-order valence-corrected chi connectivity index (χ4v) is 2.31. The molecule has 0 spiro atoms. The van der Waals surface area contributed by atoms with Gasteiger partial charge >= 0.3 is 0 Å². The van der Waals surface area contributed by atoms with E-state index in [0.29, 0.717) is 33.0 Å². The zero-order valence-electron chi connectivity index (χ0n) is 9.87. The molecule has 0 unspecified atom stereocenters. The van der Waals surface area contributed by atoms with Gasteiger partial charge < -0.3 is 28.4 Å². The van der Waals surface area contributed by atoms with E-state index in [1.54, 1.807) is 7.11 Å². The Balaban J connectivity index is 1.35. The van der Waals surface area contributed by atoms with Crippen molar-refractivity contribution in [2.24, 2.45) is 0 Å². The fraction of sp³-hybridized carbons (Fsp3) is 1.00. The van der Waals surface area contributed by atoms with Crippen molar-refractivity contribution in [3.63, 3.8) is 0 Å². The van der Waals surface area contributed by atoms with Crippen LogP contribution in [0.1, 0.15) is 0 Å². The summed E-state index contributed by atoms with van der Waals surface area (Å²) in [6.45, 7) is 2.92. The molecular formula is C11H18O6. The third-order valence-corrected chi connectivity index (χ3v) is 3.22. The van der Waals surface area contributed by atoms with E-state index in [-0.39, 0.29) is 30.7 Å². The molecule has 3 saturated heterocycles. The van der Waals surface area contributed by atoms with E-state index in [0.717, 1.165) is 0 Å². The maximum Gasteiger partial charge on any atom is 0.187 e. The van der Waals surface area contributed by atoms with Gasteiger partial charge in [-0.3, -0.25) is 0 Å². The Kier molecular flexibility index (Phi) is 3.60. The Bertz CT molecular complexity index is 260. The zero-order valence-corrected chi connectivity index (χ0v) is 9.87. The number of methoxy groups -OCH3 is 1. The molecule has 2 bridgehead atoms. The van der Waals surface area contributed by atoms with E-state index in [1.165, 1.54) is 0 Å². The number of epoxide rings is 1.